The van der Waals surface area contributed by atoms with E-state index in [2.05, 4.69) is 22.4 Å². The van der Waals surface area contributed by atoms with Gasteiger partial charge in [0.15, 0.2) is 0 Å². The van der Waals surface area contributed by atoms with Crippen LogP contribution in [-0.4, -0.2) is 42.8 Å². The summed E-state index contributed by atoms with van der Waals surface area (Å²) in [6, 6.07) is 0. The van der Waals surface area contributed by atoms with Gasteiger partial charge in [-0.3, -0.25) is 4.90 Å². The van der Waals surface area contributed by atoms with E-state index in [0.29, 0.717) is 6.54 Å². The number of alkyl carbamates (subject to hydrolysis) is 1. The fraction of sp³-hybridized carbons (Fsp3) is 0.750. The summed E-state index contributed by atoms with van der Waals surface area (Å²) in [6.07, 6.45) is 4.97. The molecule has 1 aliphatic heterocycles. The third kappa shape index (κ3) is 5.75. The van der Waals surface area contributed by atoms with Crippen LogP contribution in [0.4, 0.5) is 4.79 Å². The molecule has 1 heterocycles. The number of carbonyl (C=O) groups is 1. The summed E-state index contributed by atoms with van der Waals surface area (Å²) in [4.78, 5) is 13.6. The van der Waals surface area contributed by atoms with Gasteiger partial charge in [-0.1, -0.05) is 12.2 Å². The average molecular weight is 226 g/mol. The van der Waals surface area contributed by atoms with Crippen LogP contribution < -0.4 is 5.32 Å². The van der Waals surface area contributed by atoms with Gasteiger partial charge in [0, 0.05) is 26.2 Å². The Labute approximate surface area is 97.6 Å². The van der Waals surface area contributed by atoms with E-state index in [-0.39, 0.29) is 6.09 Å². The first-order valence-corrected chi connectivity index (χ1v) is 5.81. The Kier molecular flexibility index (Phi) is 4.80. The second kappa shape index (κ2) is 5.89. The molecule has 0 atom stereocenters. The minimum Gasteiger partial charge on any atom is -0.444 e. The fourth-order valence-electron chi connectivity index (χ4n) is 1.51. The fourth-order valence-corrected chi connectivity index (χ4v) is 1.51. The quantitative estimate of drug-likeness (QED) is 0.587. The van der Waals surface area contributed by atoms with Crippen molar-refractivity contribution in [3.63, 3.8) is 0 Å². The molecule has 0 aromatic rings. The normalized spacial score (nSPS) is 16.4. The van der Waals surface area contributed by atoms with E-state index in [1.54, 1.807) is 0 Å². The summed E-state index contributed by atoms with van der Waals surface area (Å²) >= 11 is 0. The van der Waals surface area contributed by atoms with Gasteiger partial charge in [0.05, 0.1) is 0 Å². The summed E-state index contributed by atoms with van der Waals surface area (Å²) < 4.78 is 5.13. The largest absolute Gasteiger partial charge is 0.444 e. The molecule has 0 aromatic heterocycles. The monoisotopic (exact) mass is 226 g/mol. The zero-order chi connectivity index (χ0) is 12.0. The Balaban J connectivity index is 2.00. The summed E-state index contributed by atoms with van der Waals surface area (Å²) in [5.74, 6) is 0. The van der Waals surface area contributed by atoms with Crippen molar-refractivity contribution in [2.45, 2.75) is 32.8 Å². The second-order valence-electron chi connectivity index (χ2n) is 5.01. The first-order valence-electron chi connectivity index (χ1n) is 5.81. The van der Waals surface area contributed by atoms with E-state index in [4.69, 9.17) is 4.74 Å². The minimum absolute atomic E-state index is 0.327. The van der Waals surface area contributed by atoms with Crippen molar-refractivity contribution in [3.8, 4) is 0 Å². The van der Waals surface area contributed by atoms with Crippen molar-refractivity contribution in [2.24, 2.45) is 0 Å². The third-order valence-corrected chi connectivity index (χ3v) is 2.21. The number of carbonyl (C=O) groups excluding carboxylic acids is 1. The highest BCUT2D eigenvalue weighted by atomic mass is 16.6. The van der Waals surface area contributed by atoms with Crippen molar-refractivity contribution in [1.29, 1.82) is 0 Å². The first kappa shape index (κ1) is 13.0. The highest BCUT2D eigenvalue weighted by Gasteiger charge is 2.15. The van der Waals surface area contributed by atoms with Gasteiger partial charge >= 0.3 is 6.09 Å². The predicted molar refractivity (Wildman–Crippen MR) is 64.4 cm³/mol. The van der Waals surface area contributed by atoms with Crippen molar-refractivity contribution in [3.05, 3.63) is 12.2 Å². The van der Waals surface area contributed by atoms with Crippen LogP contribution in [0, 0.1) is 0 Å². The van der Waals surface area contributed by atoms with Gasteiger partial charge in [-0.25, -0.2) is 4.79 Å². The molecule has 1 N–H and O–H groups in total. The van der Waals surface area contributed by atoms with Crippen LogP contribution in [0.1, 0.15) is 27.2 Å². The maximum Gasteiger partial charge on any atom is 0.407 e. The molecular weight excluding hydrogens is 204 g/mol. The zero-order valence-corrected chi connectivity index (χ0v) is 10.5. The van der Waals surface area contributed by atoms with Gasteiger partial charge < -0.3 is 10.1 Å². The lowest BCUT2D eigenvalue weighted by Gasteiger charge is -2.20. The average Bonchev–Trinajstić information content (AvgIpc) is 2.62. The molecule has 0 aromatic carbocycles. The van der Waals surface area contributed by atoms with Crippen molar-refractivity contribution in [1.82, 2.24) is 10.2 Å². The number of rotatable bonds is 4. The maximum absolute atomic E-state index is 11.3. The van der Waals surface area contributed by atoms with Crippen LogP contribution in [0.5, 0.6) is 0 Å². The number of ether oxygens (including phenoxy) is 1. The van der Waals surface area contributed by atoms with Crippen molar-refractivity contribution in [2.75, 3.05) is 26.2 Å². The lowest BCUT2D eigenvalue weighted by atomic mass is 10.2. The number of nitrogens with zero attached hydrogens (tertiary/aromatic N) is 1. The number of nitrogens with one attached hydrogen (secondary N) is 1. The molecule has 16 heavy (non-hydrogen) atoms. The van der Waals surface area contributed by atoms with E-state index in [1.165, 1.54) is 0 Å². The molecule has 0 saturated heterocycles. The molecule has 92 valence electrons. The Morgan fingerprint density at radius 2 is 2.00 bits per heavy atom. The van der Waals surface area contributed by atoms with Crippen LogP contribution in [0.25, 0.3) is 0 Å². The van der Waals surface area contributed by atoms with Crippen LogP contribution >= 0.6 is 0 Å². The predicted octanol–water partition coefficient (Wildman–Crippen LogP) is 1.77. The zero-order valence-electron chi connectivity index (χ0n) is 10.5. The highest BCUT2D eigenvalue weighted by molar-refractivity contribution is 5.67. The molecule has 1 aliphatic rings. The molecule has 4 nitrogen and oxygen atoms in total. The highest BCUT2D eigenvalue weighted by Crippen LogP contribution is 2.06. The van der Waals surface area contributed by atoms with E-state index in [1.807, 2.05) is 20.8 Å². The van der Waals surface area contributed by atoms with E-state index < -0.39 is 5.60 Å². The molecule has 0 fully saturated rings. The Morgan fingerprint density at radius 1 is 1.38 bits per heavy atom. The van der Waals surface area contributed by atoms with E-state index in [0.717, 1.165) is 26.1 Å². The van der Waals surface area contributed by atoms with Crippen molar-refractivity contribution < 1.29 is 9.53 Å². The Morgan fingerprint density at radius 3 is 2.56 bits per heavy atom. The molecule has 0 unspecified atom stereocenters. The molecule has 0 bridgehead atoms. The Hall–Kier alpha value is -1.03. The topological polar surface area (TPSA) is 41.6 Å². The van der Waals surface area contributed by atoms with Gasteiger partial charge in [0.1, 0.15) is 5.60 Å². The summed E-state index contributed by atoms with van der Waals surface area (Å²) in [5.41, 5.74) is -0.414. The van der Waals surface area contributed by atoms with E-state index >= 15 is 0 Å². The lowest BCUT2D eigenvalue weighted by molar-refractivity contribution is 0.0526. The second-order valence-corrected chi connectivity index (χ2v) is 5.01. The van der Waals surface area contributed by atoms with Crippen LogP contribution in [-0.2, 0) is 4.74 Å². The molecule has 1 amide bonds. The number of amides is 1. The standard InChI is InChI=1S/C12H22N2O2/c1-12(2,3)16-11(15)13-7-6-10-14-8-4-5-9-14/h4-5H,6-10H2,1-3H3,(H,13,15). The van der Waals surface area contributed by atoms with Crippen LogP contribution in [0.2, 0.25) is 0 Å². The molecule has 1 rings (SSSR count). The molecular formula is C12H22N2O2. The molecule has 0 saturated carbocycles. The molecule has 0 spiro atoms. The minimum atomic E-state index is -0.414. The first-order chi connectivity index (χ1) is 7.47. The third-order valence-electron chi connectivity index (χ3n) is 2.21. The summed E-state index contributed by atoms with van der Waals surface area (Å²) in [6.45, 7) is 9.35. The van der Waals surface area contributed by atoms with Crippen LogP contribution in [0.3, 0.4) is 0 Å². The Bertz CT molecular complexity index is 248. The van der Waals surface area contributed by atoms with Gasteiger partial charge in [-0.15, -0.1) is 0 Å². The van der Waals surface area contributed by atoms with Crippen LogP contribution in [0.15, 0.2) is 12.2 Å². The van der Waals surface area contributed by atoms with E-state index in [9.17, 15) is 4.79 Å². The van der Waals surface area contributed by atoms with Gasteiger partial charge in [-0.2, -0.15) is 0 Å². The SMILES string of the molecule is CC(C)(C)OC(=O)NCCCN1CC=CC1. The molecule has 4 heteroatoms. The van der Waals surface area contributed by atoms with Gasteiger partial charge in [0.25, 0.3) is 0 Å². The lowest BCUT2D eigenvalue weighted by Crippen LogP contribution is -2.34. The van der Waals surface area contributed by atoms with Crippen molar-refractivity contribution >= 4 is 6.09 Å². The van der Waals surface area contributed by atoms with Gasteiger partial charge in [-0.05, 0) is 27.2 Å². The smallest absolute Gasteiger partial charge is 0.407 e. The summed E-state index contributed by atoms with van der Waals surface area (Å²) in [5, 5.41) is 2.75. The maximum atomic E-state index is 11.3. The molecule has 0 radical (unpaired) electrons. The number of hydrogen-bond acceptors (Lipinski definition) is 3. The summed E-state index contributed by atoms with van der Waals surface area (Å²) in [7, 11) is 0. The number of hydrogen-bond donors (Lipinski definition) is 1. The van der Waals surface area contributed by atoms with Gasteiger partial charge in [0.2, 0.25) is 0 Å². The molecule has 0 aliphatic carbocycles.